The minimum Gasteiger partial charge on any atom is -0.497 e. The molecule has 2 N–H and O–H groups in total. The highest BCUT2D eigenvalue weighted by Crippen LogP contribution is 2.21. The topological polar surface area (TPSA) is 84.8 Å². The van der Waals surface area contributed by atoms with Crippen molar-refractivity contribution in [3.05, 3.63) is 45.1 Å². The molecule has 0 aliphatic heterocycles. The molecule has 0 fully saturated rings. The number of H-pyrrole nitrogens is 1. The van der Waals surface area contributed by atoms with Crippen LogP contribution < -0.4 is 10.1 Å². The molecule has 29 heavy (non-hydrogen) atoms. The smallest absolute Gasteiger partial charge is 0.221 e. The largest absolute Gasteiger partial charge is 0.497 e. The van der Waals surface area contributed by atoms with E-state index < -0.39 is 0 Å². The van der Waals surface area contributed by atoms with Gasteiger partial charge in [-0.15, -0.1) is 11.3 Å². The first-order chi connectivity index (χ1) is 14.1. The summed E-state index contributed by atoms with van der Waals surface area (Å²) in [6.45, 7) is 3.15. The highest BCUT2D eigenvalue weighted by atomic mass is 32.1. The summed E-state index contributed by atoms with van der Waals surface area (Å²) in [6, 6.07) is 7.59. The maximum Gasteiger partial charge on any atom is 0.221 e. The number of hydrogen-bond acceptors (Lipinski definition) is 6. The van der Waals surface area contributed by atoms with Crippen molar-refractivity contribution >= 4 is 29.5 Å². The molecule has 154 valence electrons. The van der Waals surface area contributed by atoms with Gasteiger partial charge in [-0.3, -0.25) is 14.5 Å². The van der Waals surface area contributed by atoms with E-state index >= 15 is 0 Å². The van der Waals surface area contributed by atoms with Crippen LogP contribution >= 0.6 is 23.6 Å². The van der Waals surface area contributed by atoms with Gasteiger partial charge in [-0.05, 0) is 62.7 Å². The van der Waals surface area contributed by atoms with E-state index in [9.17, 15) is 4.79 Å². The second-order valence-electron chi connectivity index (χ2n) is 6.67. The van der Waals surface area contributed by atoms with Gasteiger partial charge < -0.3 is 10.1 Å². The first-order valence-electron chi connectivity index (χ1n) is 9.54. The Morgan fingerprint density at radius 1 is 1.31 bits per heavy atom. The van der Waals surface area contributed by atoms with Crippen LogP contribution in [0.5, 0.6) is 5.75 Å². The van der Waals surface area contributed by atoms with E-state index in [1.54, 1.807) is 18.4 Å². The molecule has 0 saturated heterocycles. The molecule has 2 aromatic heterocycles. The van der Waals surface area contributed by atoms with Crippen LogP contribution in [-0.2, 0) is 17.8 Å². The first-order valence-corrected chi connectivity index (χ1v) is 10.8. The third-order valence-corrected chi connectivity index (χ3v) is 5.81. The van der Waals surface area contributed by atoms with Crippen LogP contribution in [0, 0.1) is 11.7 Å². The Hall–Kier alpha value is -2.52. The SMILES string of the molecule is COc1ccc(-c2n[nH]c(=S)n2CCC(=O)NCCCCc2nc(C)cs2)cc1. The van der Waals surface area contributed by atoms with Crippen LogP contribution in [0.3, 0.4) is 0 Å². The lowest BCUT2D eigenvalue weighted by molar-refractivity contribution is -0.121. The van der Waals surface area contributed by atoms with Gasteiger partial charge in [-0.25, -0.2) is 4.98 Å². The van der Waals surface area contributed by atoms with Crippen LogP contribution in [0.15, 0.2) is 29.6 Å². The van der Waals surface area contributed by atoms with Crippen LogP contribution in [0.25, 0.3) is 11.4 Å². The number of aromatic nitrogens is 4. The van der Waals surface area contributed by atoms with Gasteiger partial charge in [0.05, 0.1) is 12.1 Å². The number of hydrogen-bond donors (Lipinski definition) is 2. The molecule has 0 atom stereocenters. The van der Waals surface area contributed by atoms with Gasteiger partial charge in [-0.2, -0.15) is 5.10 Å². The number of carbonyl (C=O) groups is 1. The molecule has 0 radical (unpaired) electrons. The summed E-state index contributed by atoms with van der Waals surface area (Å²) in [4.78, 5) is 16.7. The van der Waals surface area contributed by atoms with Gasteiger partial charge in [0.25, 0.3) is 0 Å². The summed E-state index contributed by atoms with van der Waals surface area (Å²) in [7, 11) is 1.63. The standard InChI is InChI=1S/C20H25N5O2S2/c1-14-13-29-18(22-14)5-3-4-11-21-17(26)10-12-25-19(23-24-20(25)28)15-6-8-16(27-2)9-7-15/h6-9,13H,3-5,10-12H2,1-2H3,(H,21,26)(H,24,28). The maximum absolute atomic E-state index is 12.2. The van der Waals surface area contributed by atoms with Crippen molar-refractivity contribution in [2.75, 3.05) is 13.7 Å². The number of aryl methyl sites for hydroxylation is 2. The third-order valence-electron chi connectivity index (χ3n) is 4.48. The van der Waals surface area contributed by atoms with E-state index in [0.29, 0.717) is 30.1 Å². The van der Waals surface area contributed by atoms with Gasteiger partial charge >= 0.3 is 0 Å². The number of ether oxygens (including phenoxy) is 1. The molecular weight excluding hydrogens is 406 g/mol. The minimum absolute atomic E-state index is 0.0128. The fourth-order valence-electron chi connectivity index (χ4n) is 2.93. The number of nitrogens with one attached hydrogen (secondary N) is 2. The third kappa shape index (κ3) is 5.98. The molecule has 0 aliphatic rings. The quantitative estimate of drug-likeness (QED) is 0.376. The molecule has 3 rings (SSSR count). The highest BCUT2D eigenvalue weighted by molar-refractivity contribution is 7.71. The molecular formula is C20H25N5O2S2. The Balaban J connectivity index is 1.45. The van der Waals surface area contributed by atoms with Crippen LogP contribution in [-0.4, -0.2) is 39.3 Å². The summed E-state index contributed by atoms with van der Waals surface area (Å²) in [6.07, 6.45) is 3.26. The lowest BCUT2D eigenvalue weighted by atomic mass is 10.2. The molecule has 2 heterocycles. The molecule has 1 amide bonds. The molecule has 7 nitrogen and oxygen atoms in total. The fraction of sp³-hybridized carbons (Fsp3) is 0.400. The monoisotopic (exact) mass is 431 g/mol. The molecule has 0 aliphatic carbocycles. The number of thiazole rings is 1. The number of benzene rings is 1. The number of rotatable bonds is 10. The van der Waals surface area contributed by atoms with Crippen molar-refractivity contribution in [3.63, 3.8) is 0 Å². The highest BCUT2D eigenvalue weighted by Gasteiger charge is 2.11. The normalized spacial score (nSPS) is 10.8. The average Bonchev–Trinajstić information content (AvgIpc) is 3.31. The van der Waals surface area contributed by atoms with Gasteiger partial charge in [0.15, 0.2) is 10.6 Å². The number of unbranched alkanes of at least 4 members (excludes halogenated alkanes) is 1. The zero-order valence-electron chi connectivity index (χ0n) is 16.6. The molecule has 1 aromatic carbocycles. The number of methoxy groups -OCH3 is 1. The van der Waals surface area contributed by atoms with E-state index in [4.69, 9.17) is 17.0 Å². The minimum atomic E-state index is 0.0128. The Bertz CT molecular complexity index is 991. The van der Waals surface area contributed by atoms with E-state index in [0.717, 1.165) is 41.3 Å². The molecule has 0 bridgehead atoms. The molecule has 0 unspecified atom stereocenters. The van der Waals surface area contributed by atoms with Gasteiger partial charge in [0.2, 0.25) is 5.91 Å². The van der Waals surface area contributed by atoms with Crippen molar-refractivity contribution in [1.29, 1.82) is 0 Å². The molecule has 3 aromatic rings. The van der Waals surface area contributed by atoms with Crippen molar-refractivity contribution in [3.8, 4) is 17.1 Å². The summed E-state index contributed by atoms with van der Waals surface area (Å²) in [5.41, 5.74) is 1.99. The van der Waals surface area contributed by atoms with Gasteiger partial charge in [-0.1, -0.05) is 0 Å². The summed E-state index contributed by atoms with van der Waals surface area (Å²) in [5, 5.41) is 13.3. The number of amides is 1. The zero-order chi connectivity index (χ0) is 20.6. The van der Waals surface area contributed by atoms with Gasteiger partial charge in [0, 0.05) is 36.1 Å². The Morgan fingerprint density at radius 2 is 2.10 bits per heavy atom. The predicted octanol–water partition coefficient (Wildman–Crippen LogP) is 3.91. The average molecular weight is 432 g/mol. The van der Waals surface area contributed by atoms with Gasteiger partial charge in [0.1, 0.15) is 5.75 Å². The van der Waals surface area contributed by atoms with Crippen LogP contribution in [0.1, 0.15) is 30.0 Å². The van der Waals surface area contributed by atoms with E-state index in [1.807, 2.05) is 35.8 Å². The first kappa shape index (κ1) is 21.2. The second kappa shape index (κ2) is 10.3. The Labute approximate surface area is 179 Å². The number of aromatic amines is 1. The van der Waals surface area contributed by atoms with Crippen molar-refractivity contribution in [1.82, 2.24) is 25.1 Å². The van der Waals surface area contributed by atoms with Crippen molar-refractivity contribution in [2.45, 2.75) is 39.2 Å². The zero-order valence-corrected chi connectivity index (χ0v) is 18.2. The summed E-state index contributed by atoms with van der Waals surface area (Å²) in [5.74, 6) is 1.50. The lowest BCUT2D eigenvalue weighted by Crippen LogP contribution is -2.25. The number of carbonyl (C=O) groups excluding carboxylic acids is 1. The Morgan fingerprint density at radius 3 is 2.79 bits per heavy atom. The predicted molar refractivity (Wildman–Crippen MR) is 117 cm³/mol. The second-order valence-corrected chi connectivity index (χ2v) is 8.00. The van der Waals surface area contributed by atoms with Crippen LogP contribution in [0.2, 0.25) is 0 Å². The van der Waals surface area contributed by atoms with Crippen molar-refractivity contribution < 1.29 is 9.53 Å². The molecule has 9 heteroatoms. The lowest BCUT2D eigenvalue weighted by Gasteiger charge is -2.08. The van der Waals surface area contributed by atoms with Crippen molar-refractivity contribution in [2.24, 2.45) is 0 Å². The summed E-state index contributed by atoms with van der Waals surface area (Å²) < 4.78 is 7.54. The van der Waals surface area contributed by atoms with E-state index in [1.165, 1.54) is 0 Å². The molecule has 0 saturated carbocycles. The van der Waals surface area contributed by atoms with E-state index in [-0.39, 0.29) is 5.91 Å². The fourth-order valence-corrected chi connectivity index (χ4v) is 3.98. The van der Waals surface area contributed by atoms with Crippen LogP contribution in [0.4, 0.5) is 0 Å². The Kier molecular flexibility index (Phi) is 7.54. The number of nitrogens with zero attached hydrogens (tertiary/aromatic N) is 3. The maximum atomic E-state index is 12.2. The molecule has 0 spiro atoms. The van der Waals surface area contributed by atoms with E-state index in [2.05, 4.69) is 25.9 Å². The summed E-state index contributed by atoms with van der Waals surface area (Å²) >= 11 is 7.02.